The number of para-hydroxylation sites is 1. The number of aromatic nitrogens is 1. The van der Waals surface area contributed by atoms with Gasteiger partial charge in [-0.25, -0.2) is 4.79 Å². The van der Waals surface area contributed by atoms with Gasteiger partial charge < -0.3 is 42.8 Å². The molecule has 4 atom stereocenters. The molecule has 2 heterocycles. The highest BCUT2D eigenvalue weighted by molar-refractivity contribution is 5.96. The van der Waals surface area contributed by atoms with Gasteiger partial charge in [0.25, 0.3) is 0 Å². The molecule has 0 aliphatic carbocycles. The molecule has 5 amide bonds. The second-order valence-corrected chi connectivity index (χ2v) is 9.41. The van der Waals surface area contributed by atoms with Crippen LogP contribution in [0.25, 0.3) is 10.9 Å². The fourth-order valence-electron chi connectivity index (χ4n) is 4.41. The molecule has 1 aliphatic heterocycles. The van der Waals surface area contributed by atoms with Crippen molar-refractivity contribution in [3.05, 3.63) is 36.0 Å². The molecule has 3 rings (SSSR count). The quantitative estimate of drug-likeness (QED) is 0.134. The van der Waals surface area contributed by atoms with E-state index in [4.69, 9.17) is 11.5 Å². The van der Waals surface area contributed by atoms with Crippen LogP contribution in [0.3, 0.4) is 0 Å². The Labute approximate surface area is 223 Å². The number of aromatic amines is 1. The van der Waals surface area contributed by atoms with Gasteiger partial charge in [0.2, 0.25) is 29.5 Å². The third-order valence-corrected chi connectivity index (χ3v) is 6.44. The van der Waals surface area contributed by atoms with Gasteiger partial charge in [0.1, 0.15) is 18.1 Å². The summed E-state index contributed by atoms with van der Waals surface area (Å²) >= 11 is 0. The van der Waals surface area contributed by atoms with Crippen LogP contribution in [-0.2, 0) is 35.2 Å². The van der Waals surface area contributed by atoms with E-state index in [0.29, 0.717) is 18.5 Å². The summed E-state index contributed by atoms with van der Waals surface area (Å²) in [6.45, 7) is 0.639. The molecule has 1 aromatic carbocycles. The molecule has 14 heteroatoms. The summed E-state index contributed by atoms with van der Waals surface area (Å²) < 4.78 is 0. The molecule has 0 radical (unpaired) electrons. The fourth-order valence-corrected chi connectivity index (χ4v) is 4.41. The number of amides is 5. The lowest BCUT2D eigenvalue weighted by atomic mass is 10.0. The van der Waals surface area contributed by atoms with Crippen molar-refractivity contribution < 1.29 is 33.9 Å². The fraction of sp³-hybridized carbons (Fsp3) is 0.440. The summed E-state index contributed by atoms with van der Waals surface area (Å²) in [5.74, 6) is -5.22. The third kappa shape index (κ3) is 8.26. The molecule has 1 saturated heterocycles. The second kappa shape index (κ2) is 13.4. The first-order chi connectivity index (χ1) is 18.5. The van der Waals surface area contributed by atoms with Gasteiger partial charge in [-0.05, 0) is 37.4 Å². The molecule has 210 valence electrons. The minimum atomic E-state index is -1.53. The van der Waals surface area contributed by atoms with Crippen LogP contribution in [0.1, 0.15) is 37.7 Å². The first-order valence-electron chi connectivity index (χ1n) is 12.5. The van der Waals surface area contributed by atoms with E-state index < -0.39 is 66.1 Å². The van der Waals surface area contributed by atoms with Crippen molar-refractivity contribution in [1.29, 1.82) is 0 Å². The number of benzene rings is 1. The maximum Gasteiger partial charge on any atom is 0.326 e. The summed E-state index contributed by atoms with van der Waals surface area (Å²) in [5, 5.41) is 20.8. The SMILES string of the molecule is NC(=O)CCC(NC(=O)C1CCCN1)C(=O)NC(CC(N)=O)C(=O)NC(Cc1c[nH]c2ccccc12)C(=O)O. The lowest BCUT2D eigenvalue weighted by Gasteiger charge is -2.24. The highest BCUT2D eigenvalue weighted by Crippen LogP contribution is 2.19. The number of carboxylic acids is 1. The van der Waals surface area contributed by atoms with Crippen molar-refractivity contribution in [2.24, 2.45) is 11.5 Å². The number of fused-ring (bicyclic) bond motifs is 1. The van der Waals surface area contributed by atoms with E-state index in [1.54, 1.807) is 18.3 Å². The highest BCUT2D eigenvalue weighted by atomic mass is 16.4. The van der Waals surface area contributed by atoms with Gasteiger partial charge in [0, 0.05) is 29.9 Å². The van der Waals surface area contributed by atoms with Gasteiger partial charge in [0.15, 0.2) is 0 Å². The number of primary amides is 2. The highest BCUT2D eigenvalue weighted by Gasteiger charge is 2.32. The monoisotopic (exact) mass is 543 g/mol. The number of H-pyrrole nitrogens is 1. The Morgan fingerprint density at radius 3 is 2.28 bits per heavy atom. The van der Waals surface area contributed by atoms with Crippen molar-refractivity contribution in [3.63, 3.8) is 0 Å². The topological polar surface area (TPSA) is 239 Å². The van der Waals surface area contributed by atoms with Crippen LogP contribution in [0.5, 0.6) is 0 Å². The molecule has 1 fully saturated rings. The van der Waals surface area contributed by atoms with Crippen LogP contribution in [0.4, 0.5) is 0 Å². The Balaban J connectivity index is 1.72. The number of carboxylic acid groups (broad SMARTS) is 1. The van der Waals surface area contributed by atoms with Crippen molar-refractivity contribution in [3.8, 4) is 0 Å². The minimum absolute atomic E-state index is 0.0754. The molecule has 0 saturated carbocycles. The van der Waals surface area contributed by atoms with E-state index >= 15 is 0 Å². The number of carbonyl (C=O) groups is 6. The zero-order valence-corrected chi connectivity index (χ0v) is 21.2. The molecule has 0 bridgehead atoms. The van der Waals surface area contributed by atoms with Crippen LogP contribution < -0.4 is 32.7 Å². The Bertz CT molecular complexity index is 1240. The molecule has 10 N–H and O–H groups in total. The number of hydrogen-bond donors (Lipinski definition) is 8. The number of nitrogens with one attached hydrogen (secondary N) is 5. The van der Waals surface area contributed by atoms with E-state index in [1.807, 2.05) is 12.1 Å². The maximum atomic E-state index is 13.1. The van der Waals surface area contributed by atoms with E-state index in [1.165, 1.54) is 0 Å². The van der Waals surface area contributed by atoms with Crippen molar-refractivity contribution >= 4 is 46.4 Å². The molecule has 2 aromatic rings. The van der Waals surface area contributed by atoms with E-state index in [-0.39, 0.29) is 19.3 Å². The first-order valence-corrected chi connectivity index (χ1v) is 12.5. The van der Waals surface area contributed by atoms with Crippen LogP contribution in [-0.4, -0.2) is 76.3 Å². The predicted molar refractivity (Wildman–Crippen MR) is 139 cm³/mol. The van der Waals surface area contributed by atoms with Gasteiger partial charge in [-0.3, -0.25) is 24.0 Å². The summed E-state index contributed by atoms with van der Waals surface area (Å²) in [5.41, 5.74) is 11.9. The zero-order chi connectivity index (χ0) is 28.5. The Morgan fingerprint density at radius 2 is 1.64 bits per heavy atom. The van der Waals surface area contributed by atoms with E-state index in [9.17, 15) is 33.9 Å². The average molecular weight is 544 g/mol. The van der Waals surface area contributed by atoms with Gasteiger partial charge >= 0.3 is 5.97 Å². The molecular weight excluding hydrogens is 510 g/mol. The number of rotatable bonds is 14. The number of hydrogen-bond acceptors (Lipinski definition) is 7. The molecule has 14 nitrogen and oxygen atoms in total. The van der Waals surface area contributed by atoms with E-state index in [0.717, 1.165) is 17.3 Å². The summed E-state index contributed by atoms with van der Waals surface area (Å²) in [4.78, 5) is 76.7. The summed E-state index contributed by atoms with van der Waals surface area (Å²) in [6, 6.07) is 2.57. The second-order valence-electron chi connectivity index (χ2n) is 9.41. The molecule has 39 heavy (non-hydrogen) atoms. The third-order valence-electron chi connectivity index (χ3n) is 6.44. The van der Waals surface area contributed by atoms with Crippen LogP contribution in [0.2, 0.25) is 0 Å². The zero-order valence-electron chi connectivity index (χ0n) is 21.2. The molecule has 0 spiro atoms. The van der Waals surface area contributed by atoms with Gasteiger partial charge in [-0.2, -0.15) is 0 Å². The minimum Gasteiger partial charge on any atom is -0.480 e. The van der Waals surface area contributed by atoms with Crippen molar-refractivity contribution in [2.75, 3.05) is 6.54 Å². The Kier molecular flexibility index (Phi) is 9.98. The van der Waals surface area contributed by atoms with Crippen LogP contribution in [0, 0.1) is 0 Å². The normalized spacial score (nSPS) is 17.1. The molecule has 1 aromatic heterocycles. The lowest BCUT2D eigenvalue weighted by Crippen LogP contribution is -2.58. The lowest BCUT2D eigenvalue weighted by molar-refractivity contribution is -0.142. The summed E-state index contributed by atoms with van der Waals surface area (Å²) in [7, 11) is 0. The Morgan fingerprint density at radius 1 is 0.949 bits per heavy atom. The van der Waals surface area contributed by atoms with Crippen LogP contribution in [0.15, 0.2) is 30.5 Å². The first kappa shape index (κ1) is 29.1. The van der Waals surface area contributed by atoms with Gasteiger partial charge in [-0.15, -0.1) is 0 Å². The van der Waals surface area contributed by atoms with Crippen molar-refractivity contribution in [1.82, 2.24) is 26.3 Å². The largest absolute Gasteiger partial charge is 0.480 e. The number of nitrogens with two attached hydrogens (primary N) is 2. The number of aliphatic carboxylic acids is 1. The van der Waals surface area contributed by atoms with E-state index in [2.05, 4.69) is 26.3 Å². The molecule has 4 unspecified atom stereocenters. The summed E-state index contributed by atoms with van der Waals surface area (Å²) in [6.07, 6.45) is 1.90. The Hall–Kier alpha value is -4.46. The van der Waals surface area contributed by atoms with Gasteiger partial charge in [-0.1, -0.05) is 18.2 Å². The molecular formula is C25H33N7O7. The van der Waals surface area contributed by atoms with Gasteiger partial charge in [0.05, 0.1) is 12.5 Å². The molecule has 1 aliphatic rings. The average Bonchev–Trinajstić information content (AvgIpc) is 3.56. The smallest absolute Gasteiger partial charge is 0.326 e. The standard InChI is InChI=1S/C25H33N7O7/c26-20(33)8-7-17(30-22(35)16-6-3-9-28-16)23(36)31-18(11-21(27)34)24(37)32-19(25(38)39)10-13-12-29-15-5-2-1-4-14(13)15/h1-2,4-5,12,16-19,28-29H,3,6-11H2,(H2,26,33)(H2,27,34)(H,30,35)(H,31,36)(H,32,37)(H,38,39). The predicted octanol–water partition coefficient (Wildman–Crippen LogP) is -1.86. The maximum absolute atomic E-state index is 13.1. The van der Waals surface area contributed by atoms with Crippen LogP contribution >= 0.6 is 0 Å². The van der Waals surface area contributed by atoms with Crippen molar-refractivity contribution in [2.45, 2.75) is 62.7 Å². The number of carbonyl (C=O) groups excluding carboxylic acids is 5.